The largest absolute Gasteiger partial charge is 0.424 e. The van der Waals surface area contributed by atoms with Crippen molar-refractivity contribution in [1.29, 1.82) is 0 Å². The van der Waals surface area contributed by atoms with E-state index in [1.54, 1.807) is 16.9 Å². The summed E-state index contributed by atoms with van der Waals surface area (Å²) in [7, 11) is 0. The Balaban J connectivity index is 0.839. The highest BCUT2D eigenvalue weighted by atomic mass is 16.6. The van der Waals surface area contributed by atoms with Crippen molar-refractivity contribution in [1.82, 2.24) is 45.0 Å². The van der Waals surface area contributed by atoms with Crippen LogP contribution >= 0.6 is 0 Å². The number of unbranched alkanes of at least 4 members (excludes halogenated alkanes) is 1. The second kappa shape index (κ2) is 20.2. The summed E-state index contributed by atoms with van der Waals surface area (Å²) in [6.45, 7) is 5.90. The fourth-order valence-corrected chi connectivity index (χ4v) is 5.01. The first-order chi connectivity index (χ1) is 25.0. The standard InChI is InChI=1S/C32H45N11O8/c33-30-28-29(23-3-4-26-25(19-23)38-32(34)51-26)40-43(31(28)37-22-36-30)7-2-1-6-35-27(45)5-9-46-11-13-48-15-17-50-18-16-49-14-12-47-10-8-42-20-24(21-44)39-41-42/h3-4,19-20,22,44H,1-2,5-18,21H2,(H2,34,38)(H,35,45)(H2,33,36,37). The van der Waals surface area contributed by atoms with Crippen LogP contribution in [0.5, 0.6) is 0 Å². The fraction of sp³-hybridized carbons (Fsp3) is 0.531. The van der Waals surface area contributed by atoms with Crippen molar-refractivity contribution in [2.24, 2.45) is 0 Å². The lowest BCUT2D eigenvalue weighted by Gasteiger charge is -2.08. The molecule has 0 aliphatic rings. The second-order valence-corrected chi connectivity index (χ2v) is 11.3. The van der Waals surface area contributed by atoms with E-state index < -0.39 is 0 Å². The van der Waals surface area contributed by atoms with Crippen molar-refractivity contribution in [2.45, 2.75) is 39.0 Å². The topological polar surface area (TPSA) is 248 Å². The van der Waals surface area contributed by atoms with Crippen LogP contribution in [0.4, 0.5) is 11.8 Å². The van der Waals surface area contributed by atoms with E-state index in [1.165, 1.54) is 6.33 Å². The minimum atomic E-state index is -0.129. The number of nitrogens with two attached hydrogens (primary N) is 2. The summed E-state index contributed by atoms with van der Waals surface area (Å²) in [5.74, 6) is 0.266. The number of carbonyl (C=O) groups is 1. The van der Waals surface area contributed by atoms with Crippen molar-refractivity contribution in [3.05, 3.63) is 36.4 Å². The lowest BCUT2D eigenvalue weighted by molar-refractivity contribution is -0.122. The van der Waals surface area contributed by atoms with Crippen molar-refractivity contribution >= 4 is 39.9 Å². The number of nitrogens with zero attached hydrogens (tertiary/aromatic N) is 8. The molecule has 51 heavy (non-hydrogen) atoms. The highest BCUT2D eigenvalue weighted by Gasteiger charge is 2.18. The second-order valence-electron chi connectivity index (χ2n) is 11.3. The molecule has 19 nitrogen and oxygen atoms in total. The number of aromatic nitrogens is 8. The van der Waals surface area contributed by atoms with E-state index >= 15 is 0 Å². The summed E-state index contributed by atoms with van der Waals surface area (Å²) in [4.78, 5) is 25.0. The van der Waals surface area contributed by atoms with Gasteiger partial charge in [0.15, 0.2) is 11.2 Å². The highest BCUT2D eigenvalue weighted by Crippen LogP contribution is 2.32. The Labute approximate surface area is 293 Å². The van der Waals surface area contributed by atoms with Gasteiger partial charge in [-0.25, -0.2) is 19.3 Å². The predicted molar refractivity (Wildman–Crippen MR) is 184 cm³/mol. The molecule has 0 atom stereocenters. The van der Waals surface area contributed by atoms with Crippen molar-refractivity contribution in [3.8, 4) is 11.3 Å². The molecule has 0 bridgehead atoms. The molecule has 0 fully saturated rings. The number of amides is 1. The molecule has 6 N–H and O–H groups in total. The number of aliphatic hydroxyl groups excluding tert-OH is 1. The molecule has 0 saturated carbocycles. The third-order valence-corrected chi connectivity index (χ3v) is 7.53. The van der Waals surface area contributed by atoms with Gasteiger partial charge in [-0.05, 0) is 31.0 Å². The van der Waals surface area contributed by atoms with E-state index in [0.717, 1.165) is 18.4 Å². The van der Waals surface area contributed by atoms with E-state index in [1.807, 2.05) is 16.8 Å². The summed E-state index contributed by atoms with van der Waals surface area (Å²) < 4.78 is 36.2. The predicted octanol–water partition coefficient (Wildman–Crippen LogP) is 0.952. The number of anilines is 2. The van der Waals surface area contributed by atoms with E-state index in [0.29, 0.717) is 125 Å². The Bertz CT molecular complexity index is 1790. The van der Waals surface area contributed by atoms with E-state index in [2.05, 4.69) is 30.6 Å². The van der Waals surface area contributed by atoms with E-state index in [-0.39, 0.29) is 24.9 Å². The zero-order chi connectivity index (χ0) is 35.7. The monoisotopic (exact) mass is 711 g/mol. The molecule has 0 aliphatic carbocycles. The van der Waals surface area contributed by atoms with Crippen LogP contribution in [0.1, 0.15) is 25.0 Å². The van der Waals surface area contributed by atoms with Crippen molar-refractivity contribution < 1.29 is 38.0 Å². The van der Waals surface area contributed by atoms with Gasteiger partial charge in [0.05, 0.1) is 90.8 Å². The van der Waals surface area contributed by atoms with Crippen LogP contribution in [0, 0.1) is 0 Å². The van der Waals surface area contributed by atoms with Gasteiger partial charge in [0.1, 0.15) is 29.0 Å². The summed E-state index contributed by atoms with van der Waals surface area (Å²) in [5.41, 5.74) is 15.7. The number of nitrogens with one attached hydrogen (secondary N) is 1. The average molecular weight is 712 g/mol. The summed E-state index contributed by atoms with van der Waals surface area (Å²) in [5, 5.41) is 25.0. The lowest BCUT2D eigenvalue weighted by Crippen LogP contribution is -2.26. The number of aryl methyl sites for hydroxylation is 1. The molecule has 0 radical (unpaired) electrons. The van der Waals surface area contributed by atoms with Crippen molar-refractivity contribution in [3.63, 3.8) is 0 Å². The zero-order valence-electron chi connectivity index (χ0n) is 28.4. The number of carbonyl (C=O) groups excluding carboxylic acids is 1. The van der Waals surface area contributed by atoms with Gasteiger partial charge in [-0.2, -0.15) is 10.1 Å². The van der Waals surface area contributed by atoms with Gasteiger partial charge < -0.3 is 50.0 Å². The number of benzene rings is 1. The highest BCUT2D eigenvalue weighted by molar-refractivity contribution is 5.99. The molecule has 4 heterocycles. The minimum Gasteiger partial charge on any atom is -0.424 e. The minimum absolute atomic E-state index is 0.0709. The SMILES string of the molecule is Nc1nc2cc(-c3nn(CCCCNC(=O)CCOCCOCCOCCOCCOCCn4cc(CO)nn4)c4ncnc(N)c34)ccc2o1. The van der Waals surface area contributed by atoms with Crippen molar-refractivity contribution in [2.75, 3.05) is 84.1 Å². The van der Waals surface area contributed by atoms with Crippen LogP contribution in [0.15, 0.2) is 35.1 Å². The Kier molecular flexibility index (Phi) is 14.8. The Morgan fingerprint density at radius 3 is 2.29 bits per heavy atom. The molecule has 0 spiro atoms. The molecule has 276 valence electrons. The molecule has 1 amide bonds. The molecule has 5 rings (SSSR count). The van der Waals surface area contributed by atoms with Crippen LogP contribution in [0.25, 0.3) is 33.4 Å². The van der Waals surface area contributed by atoms with E-state index in [4.69, 9.17) is 49.8 Å². The summed E-state index contributed by atoms with van der Waals surface area (Å²) in [6.07, 6.45) is 4.89. The molecule has 1 aromatic carbocycles. The maximum absolute atomic E-state index is 12.2. The lowest BCUT2D eigenvalue weighted by atomic mass is 10.1. The smallest absolute Gasteiger partial charge is 0.292 e. The number of aliphatic hydroxyl groups is 1. The maximum atomic E-state index is 12.2. The molecule has 0 aliphatic heterocycles. The van der Waals surface area contributed by atoms with Gasteiger partial charge in [0.25, 0.3) is 6.01 Å². The van der Waals surface area contributed by atoms with Gasteiger partial charge in [-0.15, -0.1) is 5.10 Å². The molecular formula is C32H45N11O8. The number of fused-ring (bicyclic) bond motifs is 2. The fourth-order valence-electron chi connectivity index (χ4n) is 5.01. The molecule has 0 saturated heterocycles. The first kappa shape index (κ1) is 37.5. The van der Waals surface area contributed by atoms with Gasteiger partial charge in [-0.1, -0.05) is 5.21 Å². The zero-order valence-corrected chi connectivity index (χ0v) is 28.4. The first-order valence-electron chi connectivity index (χ1n) is 16.8. The third-order valence-electron chi connectivity index (χ3n) is 7.53. The molecule has 0 unspecified atom stereocenters. The molecule has 19 heteroatoms. The number of ether oxygens (including phenoxy) is 5. The quantitative estimate of drug-likeness (QED) is 0.0615. The number of hydrogen-bond acceptors (Lipinski definition) is 16. The average Bonchev–Trinajstić information content (AvgIpc) is 3.86. The van der Waals surface area contributed by atoms with Crippen LogP contribution in [-0.2, 0) is 48.2 Å². The van der Waals surface area contributed by atoms with Crippen LogP contribution in [0.3, 0.4) is 0 Å². The molecule has 4 aromatic heterocycles. The van der Waals surface area contributed by atoms with Crippen LogP contribution in [-0.4, -0.2) is 123 Å². The normalized spacial score (nSPS) is 11.6. The van der Waals surface area contributed by atoms with Gasteiger partial charge in [-0.3, -0.25) is 4.79 Å². The summed E-state index contributed by atoms with van der Waals surface area (Å²) >= 11 is 0. The number of rotatable bonds is 25. The maximum Gasteiger partial charge on any atom is 0.292 e. The van der Waals surface area contributed by atoms with Gasteiger partial charge in [0.2, 0.25) is 5.91 Å². The Hall–Kier alpha value is -4.79. The summed E-state index contributed by atoms with van der Waals surface area (Å²) in [6, 6.07) is 5.60. The molecular weight excluding hydrogens is 666 g/mol. The van der Waals surface area contributed by atoms with Gasteiger partial charge in [0, 0.05) is 25.1 Å². The van der Waals surface area contributed by atoms with E-state index in [9.17, 15) is 4.79 Å². The Morgan fingerprint density at radius 1 is 0.882 bits per heavy atom. The molecule has 5 aromatic rings. The Morgan fingerprint density at radius 2 is 1.59 bits per heavy atom. The number of oxazole rings is 1. The number of hydrogen-bond donors (Lipinski definition) is 4. The van der Waals surface area contributed by atoms with Crippen LogP contribution in [0.2, 0.25) is 0 Å². The first-order valence-corrected chi connectivity index (χ1v) is 16.8. The third kappa shape index (κ3) is 11.6. The van der Waals surface area contributed by atoms with Crippen LogP contribution < -0.4 is 16.8 Å². The number of nitrogen functional groups attached to an aromatic ring is 2. The van der Waals surface area contributed by atoms with Gasteiger partial charge >= 0.3 is 0 Å².